The first kappa shape index (κ1) is 20.2. The van der Waals surface area contributed by atoms with E-state index in [-0.39, 0.29) is 17.6 Å². The van der Waals surface area contributed by atoms with E-state index in [2.05, 4.69) is 10.4 Å². The molecular weight excluding hydrogens is 382 g/mol. The quantitative estimate of drug-likeness (QED) is 0.632. The lowest BCUT2D eigenvalue weighted by Crippen LogP contribution is -2.33. The fraction of sp³-hybridized carbons (Fsp3) is 0.391. The first-order valence-electron chi connectivity index (χ1n) is 10.2. The molecular formula is C23H27N3O4. The summed E-state index contributed by atoms with van der Waals surface area (Å²) in [6, 6.07) is 13.2. The van der Waals surface area contributed by atoms with E-state index in [1.165, 1.54) is 0 Å². The van der Waals surface area contributed by atoms with Crippen molar-refractivity contribution in [3.63, 3.8) is 0 Å². The van der Waals surface area contributed by atoms with Gasteiger partial charge < -0.3 is 19.5 Å². The molecule has 2 heterocycles. The highest BCUT2D eigenvalue weighted by atomic mass is 16.6. The Morgan fingerprint density at radius 1 is 1.23 bits per heavy atom. The van der Waals surface area contributed by atoms with Gasteiger partial charge in [0, 0.05) is 23.7 Å². The third-order valence-electron chi connectivity index (χ3n) is 4.69. The second-order valence-electron chi connectivity index (χ2n) is 8.34. The van der Waals surface area contributed by atoms with E-state index in [9.17, 15) is 4.79 Å². The summed E-state index contributed by atoms with van der Waals surface area (Å²) in [5.41, 5.74) is 1.22. The van der Waals surface area contributed by atoms with Gasteiger partial charge in [-0.25, -0.2) is 0 Å². The lowest BCUT2D eigenvalue weighted by atomic mass is 10.1. The van der Waals surface area contributed by atoms with Gasteiger partial charge in [-0.3, -0.25) is 9.48 Å². The molecule has 0 saturated heterocycles. The summed E-state index contributed by atoms with van der Waals surface area (Å²) in [7, 11) is 0. The molecule has 1 N–H and O–H groups in total. The predicted octanol–water partition coefficient (Wildman–Crippen LogP) is 3.42. The van der Waals surface area contributed by atoms with E-state index < -0.39 is 0 Å². The van der Waals surface area contributed by atoms with Crippen LogP contribution in [0, 0.1) is 0 Å². The molecule has 0 bridgehead atoms. The summed E-state index contributed by atoms with van der Waals surface area (Å²) in [5.74, 6) is 1.39. The summed E-state index contributed by atoms with van der Waals surface area (Å²) in [6.07, 6.45) is 1.80. The Morgan fingerprint density at radius 3 is 2.83 bits per heavy atom. The van der Waals surface area contributed by atoms with Gasteiger partial charge in [-0.05, 0) is 51.1 Å². The van der Waals surface area contributed by atoms with Gasteiger partial charge in [0.1, 0.15) is 6.61 Å². The summed E-state index contributed by atoms with van der Waals surface area (Å²) in [5, 5.41) is 8.39. The van der Waals surface area contributed by atoms with Gasteiger partial charge in [0.25, 0.3) is 5.91 Å². The smallest absolute Gasteiger partial charge is 0.251 e. The van der Waals surface area contributed by atoms with Crippen molar-refractivity contribution in [2.24, 2.45) is 0 Å². The van der Waals surface area contributed by atoms with Crippen LogP contribution in [-0.2, 0) is 11.3 Å². The fourth-order valence-corrected chi connectivity index (χ4v) is 3.30. The Hall–Kier alpha value is -3.06. The highest BCUT2D eigenvalue weighted by Gasteiger charge is 2.21. The number of rotatable bonds is 6. The molecule has 2 aromatic carbocycles. The molecule has 1 aliphatic rings. The first-order chi connectivity index (χ1) is 14.4. The molecule has 0 spiro atoms. The molecule has 1 atom stereocenters. The van der Waals surface area contributed by atoms with Crippen LogP contribution in [0.2, 0.25) is 0 Å². The van der Waals surface area contributed by atoms with Crippen molar-refractivity contribution in [1.82, 2.24) is 15.1 Å². The maximum atomic E-state index is 12.4. The van der Waals surface area contributed by atoms with Crippen LogP contribution in [0.5, 0.6) is 11.5 Å². The largest absolute Gasteiger partial charge is 0.486 e. The van der Waals surface area contributed by atoms with Crippen LogP contribution in [0.4, 0.5) is 0 Å². The summed E-state index contributed by atoms with van der Waals surface area (Å²) in [6.45, 7) is 7.94. The molecule has 1 amide bonds. The lowest BCUT2D eigenvalue weighted by molar-refractivity contribution is -0.000652. The Balaban J connectivity index is 1.37. The van der Waals surface area contributed by atoms with Crippen LogP contribution in [0.25, 0.3) is 10.9 Å². The number of nitrogens with one attached hydrogen (secondary N) is 1. The number of hydrogen-bond donors (Lipinski definition) is 1. The fourth-order valence-electron chi connectivity index (χ4n) is 3.30. The molecule has 7 heteroatoms. The van der Waals surface area contributed by atoms with Crippen molar-refractivity contribution in [3.8, 4) is 11.5 Å². The molecule has 30 heavy (non-hydrogen) atoms. The van der Waals surface area contributed by atoms with E-state index >= 15 is 0 Å². The minimum atomic E-state index is -0.215. The third kappa shape index (κ3) is 4.91. The van der Waals surface area contributed by atoms with Crippen LogP contribution in [0.3, 0.4) is 0 Å². The zero-order valence-corrected chi connectivity index (χ0v) is 17.6. The highest BCUT2D eigenvalue weighted by Crippen LogP contribution is 2.31. The van der Waals surface area contributed by atoms with Crippen molar-refractivity contribution in [2.45, 2.75) is 39.0 Å². The Kier molecular flexibility index (Phi) is 5.63. The number of amides is 1. The topological polar surface area (TPSA) is 74.6 Å². The second kappa shape index (κ2) is 8.36. The number of nitrogens with zero attached hydrogens (tertiary/aromatic N) is 2. The van der Waals surface area contributed by atoms with Gasteiger partial charge in [0.05, 0.1) is 24.3 Å². The minimum absolute atomic E-state index is 0.122. The van der Waals surface area contributed by atoms with Gasteiger partial charge in [-0.1, -0.05) is 12.1 Å². The van der Waals surface area contributed by atoms with Crippen LogP contribution in [-0.4, -0.2) is 47.2 Å². The maximum Gasteiger partial charge on any atom is 0.251 e. The monoisotopic (exact) mass is 409 g/mol. The number of benzene rings is 2. The van der Waals surface area contributed by atoms with Gasteiger partial charge in [0.2, 0.25) is 0 Å². The number of para-hydroxylation sites is 2. The number of fused-ring (bicyclic) bond motifs is 2. The highest BCUT2D eigenvalue weighted by molar-refractivity contribution is 5.97. The van der Waals surface area contributed by atoms with Crippen LogP contribution < -0.4 is 14.8 Å². The zero-order chi connectivity index (χ0) is 21.1. The summed E-state index contributed by atoms with van der Waals surface area (Å²) in [4.78, 5) is 12.4. The Morgan fingerprint density at radius 2 is 2.03 bits per heavy atom. The molecule has 4 rings (SSSR count). The van der Waals surface area contributed by atoms with E-state index in [0.29, 0.717) is 31.9 Å². The average molecular weight is 409 g/mol. The number of ether oxygens (including phenoxy) is 3. The lowest BCUT2D eigenvalue weighted by Gasteiger charge is -2.26. The van der Waals surface area contributed by atoms with Crippen molar-refractivity contribution in [2.75, 3.05) is 19.8 Å². The number of carbonyl (C=O) groups is 1. The number of carbonyl (C=O) groups excluding carboxylic acids is 1. The molecule has 0 saturated carbocycles. The van der Waals surface area contributed by atoms with Gasteiger partial charge >= 0.3 is 0 Å². The Bertz CT molecular complexity index is 1040. The zero-order valence-electron chi connectivity index (χ0n) is 17.6. The third-order valence-corrected chi connectivity index (χ3v) is 4.69. The molecule has 1 aliphatic heterocycles. The summed E-state index contributed by atoms with van der Waals surface area (Å²) >= 11 is 0. The molecule has 158 valence electrons. The predicted molar refractivity (Wildman–Crippen MR) is 114 cm³/mol. The van der Waals surface area contributed by atoms with Crippen LogP contribution in [0.15, 0.2) is 48.7 Å². The molecule has 3 aromatic rings. The standard InChI is InChI=1S/C23H27N3O4/c1-23(2,3)29-11-10-24-22(27)16-8-9-19-17(12-16)13-26(25-19)14-18-15-28-20-6-4-5-7-21(20)30-18/h4-9,12-13,18H,10-11,14-15H2,1-3H3,(H,24,27). The van der Waals surface area contributed by atoms with Gasteiger partial charge in [-0.15, -0.1) is 0 Å². The van der Waals surface area contributed by atoms with E-state index in [1.807, 2.05) is 68.0 Å². The minimum Gasteiger partial charge on any atom is -0.486 e. The van der Waals surface area contributed by atoms with Crippen LogP contribution >= 0.6 is 0 Å². The number of aromatic nitrogens is 2. The second-order valence-corrected chi connectivity index (χ2v) is 8.34. The molecule has 1 unspecified atom stereocenters. The van der Waals surface area contributed by atoms with E-state index in [0.717, 1.165) is 22.4 Å². The average Bonchev–Trinajstić information content (AvgIpc) is 3.11. The SMILES string of the molecule is CC(C)(C)OCCNC(=O)c1ccc2nn(CC3COc4ccccc4O3)cc2c1. The molecule has 7 nitrogen and oxygen atoms in total. The van der Waals surface area contributed by atoms with Gasteiger partial charge in [-0.2, -0.15) is 5.10 Å². The molecule has 0 aliphatic carbocycles. The van der Waals surface area contributed by atoms with Crippen molar-refractivity contribution < 1.29 is 19.0 Å². The van der Waals surface area contributed by atoms with Gasteiger partial charge in [0.15, 0.2) is 17.6 Å². The van der Waals surface area contributed by atoms with Crippen molar-refractivity contribution in [1.29, 1.82) is 0 Å². The molecule has 0 fully saturated rings. The first-order valence-corrected chi connectivity index (χ1v) is 10.2. The van der Waals surface area contributed by atoms with Crippen molar-refractivity contribution >= 4 is 16.8 Å². The maximum absolute atomic E-state index is 12.4. The molecule has 1 aromatic heterocycles. The van der Waals surface area contributed by atoms with E-state index in [4.69, 9.17) is 14.2 Å². The van der Waals surface area contributed by atoms with Crippen LogP contribution in [0.1, 0.15) is 31.1 Å². The van der Waals surface area contributed by atoms with E-state index in [1.54, 1.807) is 6.07 Å². The summed E-state index contributed by atoms with van der Waals surface area (Å²) < 4.78 is 19.3. The number of hydrogen-bond acceptors (Lipinski definition) is 5. The Labute approximate surface area is 175 Å². The molecule has 0 radical (unpaired) electrons. The normalized spacial score (nSPS) is 15.9. The van der Waals surface area contributed by atoms with Crippen molar-refractivity contribution in [3.05, 3.63) is 54.2 Å².